The van der Waals surface area contributed by atoms with Gasteiger partial charge in [-0.3, -0.25) is 0 Å². The summed E-state index contributed by atoms with van der Waals surface area (Å²) in [4.78, 5) is 2.17. The van der Waals surface area contributed by atoms with Crippen LogP contribution in [0.3, 0.4) is 0 Å². The zero-order valence-electron chi connectivity index (χ0n) is 13.4. The van der Waals surface area contributed by atoms with Gasteiger partial charge in [0.25, 0.3) is 0 Å². The summed E-state index contributed by atoms with van der Waals surface area (Å²) in [6, 6.07) is 6.58. The lowest BCUT2D eigenvalue weighted by atomic mass is 10.1. The Hall–Kier alpha value is -1.03. The van der Waals surface area contributed by atoms with Crippen LogP contribution in [0.1, 0.15) is 31.9 Å². The number of nitrogens with zero attached hydrogens (tertiary/aromatic N) is 1. The minimum Gasteiger partial charge on any atom is -0.383 e. The van der Waals surface area contributed by atoms with Crippen molar-refractivity contribution in [3.8, 4) is 0 Å². The van der Waals surface area contributed by atoms with Crippen molar-refractivity contribution < 1.29 is 4.74 Å². The highest BCUT2D eigenvalue weighted by Crippen LogP contribution is 2.29. The van der Waals surface area contributed by atoms with E-state index in [0.717, 1.165) is 36.8 Å². The number of methoxy groups -OCH3 is 1. The van der Waals surface area contributed by atoms with Crippen LogP contribution in [0.4, 0.5) is 5.69 Å². The van der Waals surface area contributed by atoms with Crippen LogP contribution < -0.4 is 10.2 Å². The molecule has 3 nitrogen and oxygen atoms in total. The van der Waals surface area contributed by atoms with Crippen molar-refractivity contribution in [3.05, 3.63) is 41.4 Å². The average molecular weight is 311 g/mol. The average Bonchev–Trinajstić information content (AvgIpc) is 2.49. The van der Waals surface area contributed by atoms with Crippen molar-refractivity contribution >= 4 is 17.3 Å². The van der Waals surface area contributed by atoms with E-state index in [2.05, 4.69) is 42.8 Å². The summed E-state index contributed by atoms with van der Waals surface area (Å²) in [7, 11) is 1.71. The molecule has 1 unspecified atom stereocenters. The number of nitrogens with one attached hydrogen (secondary N) is 1. The normalized spacial score (nSPS) is 12.2. The Balaban J connectivity index is 2.86. The van der Waals surface area contributed by atoms with E-state index < -0.39 is 0 Å². The molecule has 0 aliphatic rings. The van der Waals surface area contributed by atoms with Gasteiger partial charge in [0, 0.05) is 26.2 Å². The molecule has 118 valence electrons. The molecule has 0 radical (unpaired) electrons. The van der Waals surface area contributed by atoms with Crippen molar-refractivity contribution in [3.63, 3.8) is 0 Å². The van der Waals surface area contributed by atoms with Gasteiger partial charge in [0.05, 0.1) is 17.3 Å². The van der Waals surface area contributed by atoms with Crippen LogP contribution >= 0.6 is 11.6 Å². The van der Waals surface area contributed by atoms with Crippen molar-refractivity contribution in [2.24, 2.45) is 0 Å². The van der Waals surface area contributed by atoms with Crippen LogP contribution in [0.2, 0.25) is 5.02 Å². The van der Waals surface area contributed by atoms with Gasteiger partial charge in [-0.1, -0.05) is 30.7 Å². The first-order chi connectivity index (χ1) is 10.1. The molecule has 0 saturated carbocycles. The predicted molar refractivity (Wildman–Crippen MR) is 92.4 cm³/mol. The standard InChI is InChI=1S/C17H27ClN2O/c1-5-9-19-14(3)15-7-8-17(16(18)13-15)20(10-6-2)11-12-21-4/h6-8,13-14,19H,2,5,9-12H2,1,3-4H3. The van der Waals surface area contributed by atoms with Gasteiger partial charge < -0.3 is 15.0 Å². The number of hydrogen-bond donors (Lipinski definition) is 1. The highest BCUT2D eigenvalue weighted by molar-refractivity contribution is 6.33. The van der Waals surface area contributed by atoms with E-state index in [-0.39, 0.29) is 0 Å². The number of anilines is 1. The predicted octanol–water partition coefficient (Wildman–Crippen LogP) is 4.04. The van der Waals surface area contributed by atoms with Crippen molar-refractivity contribution in [2.75, 3.05) is 38.3 Å². The maximum absolute atomic E-state index is 6.47. The Labute approximate surface area is 133 Å². The molecule has 0 spiro atoms. The minimum atomic E-state index is 0.309. The van der Waals surface area contributed by atoms with Gasteiger partial charge >= 0.3 is 0 Å². The lowest BCUT2D eigenvalue weighted by Crippen LogP contribution is -2.27. The Morgan fingerprint density at radius 1 is 1.48 bits per heavy atom. The molecular weight excluding hydrogens is 284 g/mol. The second-order valence-corrected chi connectivity index (χ2v) is 5.52. The molecule has 0 fully saturated rings. The van der Waals surface area contributed by atoms with E-state index in [1.165, 1.54) is 5.56 Å². The van der Waals surface area contributed by atoms with E-state index in [4.69, 9.17) is 16.3 Å². The number of rotatable bonds is 10. The molecule has 0 aliphatic heterocycles. The Morgan fingerprint density at radius 3 is 2.81 bits per heavy atom. The van der Waals surface area contributed by atoms with E-state index in [1.54, 1.807) is 7.11 Å². The van der Waals surface area contributed by atoms with E-state index in [1.807, 2.05) is 12.1 Å². The Bertz CT molecular complexity index is 437. The first kappa shape index (κ1) is 18.0. The highest BCUT2D eigenvalue weighted by Gasteiger charge is 2.12. The lowest BCUT2D eigenvalue weighted by molar-refractivity contribution is 0.206. The fraction of sp³-hybridized carbons (Fsp3) is 0.529. The van der Waals surface area contributed by atoms with Crippen LogP contribution in [0.5, 0.6) is 0 Å². The number of hydrogen-bond acceptors (Lipinski definition) is 3. The van der Waals surface area contributed by atoms with Gasteiger partial charge in [-0.25, -0.2) is 0 Å². The zero-order valence-corrected chi connectivity index (χ0v) is 14.1. The summed E-state index contributed by atoms with van der Waals surface area (Å²) < 4.78 is 5.16. The molecule has 1 atom stereocenters. The minimum absolute atomic E-state index is 0.309. The number of halogens is 1. The maximum Gasteiger partial charge on any atom is 0.0643 e. The summed E-state index contributed by atoms with van der Waals surface area (Å²) >= 11 is 6.47. The molecule has 0 aromatic heterocycles. The second-order valence-electron chi connectivity index (χ2n) is 5.11. The fourth-order valence-corrected chi connectivity index (χ4v) is 2.50. The van der Waals surface area contributed by atoms with Crippen LogP contribution in [0, 0.1) is 0 Å². The number of benzene rings is 1. The fourth-order valence-electron chi connectivity index (χ4n) is 2.20. The topological polar surface area (TPSA) is 24.5 Å². The first-order valence-electron chi connectivity index (χ1n) is 7.51. The molecule has 0 aliphatic carbocycles. The largest absolute Gasteiger partial charge is 0.383 e. The van der Waals surface area contributed by atoms with Crippen molar-refractivity contribution in [2.45, 2.75) is 26.3 Å². The Kier molecular flexibility index (Phi) is 8.43. The monoisotopic (exact) mass is 310 g/mol. The van der Waals surface area contributed by atoms with E-state index in [9.17, 15) is 0 Å². The van der Waals surface area contributed by atoms with Crippen LogP contribution in [-0.4, -0.2) is 33.4 Å². The van der Waals surface area contributed by atoms with Gasteiger partial charge in [0.15, 0.2) is 0 Å². The highest BCUT2D eigenvalue weighted by atomic mass is 35.5. The second kappa shape index (κ2) is 9.82. The lowest BCUT2D eigenvalue weighted by Gasteiger charge is -2.25. The number of ether oxygens (including phenoxy) is 1. The molecule has 0 bridgehead atoms. The van der Waals surface area contributed by atoms with Gasteiger partial charge in [-0.2, -0.15) is 0 Å². The summed E-state index contributed by atoms with van der Waals surface area (Å²) in [6.45, 7) is 11.4. The third-order valence-corrected chi connectivity index (χ3v) is 3.73. The van der Waals surface area contributed by atoms with Crippen molar-refractivity contribution in [1.82, 2.24) is 5.32 Å². The van der Waals surface area contributed by atoms with Crippen molar-refractivity contribution in [1.29, 1.82) is 0 Å². The molecule has 0 heterocycles. The summed E-state index contributed by atoms with van der Waals surface area (Å²) in [5, 5.41) is 4.25. The Morgan fingerprint density at radius 2 is 2.24 bits per heavy atom. The van der Waals surface area contributed by atoms with Crippen LogP contribution in [0.25, 0.3) is 0 Å². The quantitative estimate of drug-likeness (QED) is 0.660. The van der Waals surface area contributed by atoms with Crippen LogP contribution in [0.15, 0.2) is 30.9 Å². The molecular formula is C17H27ClN2O. The third-order valence-electron chi connectivity index (χ3n) is 3.43. The van der Waals surface area contributed by atoms with Gasteiger partial charge in [-0.05, 0) is 37.6 Å². The molecule has 1 rings (SSSR count). The molecule has 1 aromatic rings. The van der Waals surface area contributed by atoms with Gasteiger partial charge in [-0.15, -0.1) is 6.58 Å². The SMILES string of the molecule is C=CCN(CCOC)c1ccc(C(C)NCCC)cc1Cl. The summed E-state index contributed by atoms with van der Waals surface area (Å²) in [6.07, 6.45) is 3.01. The third kappa shape index (κ3) is 5.70. The van der Waals surface area contributed by atoms with E-state index in [0.29, 0.717) is 12.6 Å². The molecule has 1 N–H and O–H groups in total. The molecule has 0 saturated heterocycles. The summed E-state index contributed by atoms with van der Waals surface area (Å²) in [5.74, 6) is 0. The summed E-state index contributed by atoms with van der Waals surface area (Å²) in [5.41, 5.74) is 2.24. The van der Waals surface area contributed by atoms with Gasteiger partial charge in [0.2, 0.25) is 0 Å². The van der Waals surface area contributed by atoms with Crippen LogP contribution in [-0.2, 0) is 4.74 Å². The maximum atomic E-state index is 6.47. The molecule has 1 aromatic carbocycles. The molecule has 21 heavy (non-hydrogen) atoms. The molecule has 4 heteroatoms. The smallest absolute Gasteiger partial charge is 0.0643 e. The molecule has 0 amide bonds. The zero-order chi connectivity index (χ0) is 15.7. The first-order valence-corrected chi connectivity index (χ1v) is 7.89. The van der Waals surface area contributed by atoms with E-state index >= 15 is 0 Å². The van der Waals surface area contributed by atoms with Gasteiger partial charge in [0.1, 0.15) is 0 Å².